The van der Waals surface area contributed by atoms with Crippen molar-refractivity contribution >= 4 is 11.6 Å². The minimum atomic E-state index is -0.0583. The maximum absolute atomic E-state index is 12.2. The molecule has 2 aliphatic carbocycles. The Bertz CT molecular complexity index is 607. The van der Waals surface area contributed by atoms with Gasteiger partial charge < -0.3 is 10.2 Å². The molecule has 0 amide bonds. The van der Waals surface area contributed by atoms with Gasteiger partial charge in [0.2, 0.25) is 0 Å². The monoisotopic (exact) mass is 358 g/mol. The summed E-state index contributed by atoms with van der Waals surface area (Å²) in [6, 6.07) is 3.20. The number of hydrogen-bond acceptors (Lipinski definition) is 4. The number of phenolic OH excluding ortho intramolecular Hbond substituents is 2. The normalized spacial score (nSPS) is 24.9. The fourth-order valence-electron chi connectivity index (χ4n) is 4.42. The lowest BCUT2D eigenvalue weighted by atomic mass is 9.88. The summed E-state index contributed by atoms with van der Waals surface area (Å²) >= 11 is 0. The molecule has 1 aromatic carbocycles. The van der Waals surface area contributed by atoms with Crippen LogP contribution in [0.2, 0.25) is 0 Å². The highest BCUT2D eigenvalue weighted by atomic mass is 16.3. The van der Waals surface area contributed by atoms with Gasteiger partial charge in [-0.3, -0.25) is 9.59 Å². The second-order valence-corrected chi connectivity index (χ2v) is 8.04. The van der Waals surface area contributed by atoms with Crippen LogP contribution in [0.4, 0.5) is 0 Å². The SMILES string of the molecule is O=C1CCCCC[C@@H]1Cc1cc(O)c(C[C@H]2CCCCCC2=O)cc1O. The number of aromatic hydroxyl groups is 2. The van der Waals surface area contributed by atoms with Crippen molar-refractivity contribution in [3.8, 4) is 11.5 Å². The van der Waals surface area contributed by atoms with E-state index in [1.165, 1.54) is 0 Å². The maximum atomic E-state index is 12.2. The molecule has 2 atom stereocenters. The van der Waals surface area contributed by atoms with Crippen LogP contribution in [0.15, 0.2) is 12.1 Å². The number of hydrogen-bond donors (Lipinski definition) is 2. The zero-order chi connectivity index (χ0) is 18.5. The van der Waals surface area contributed by atoms with Crippen molar-refractivity contribution in [3.63, 3.8) is 0 Å². The molecule has 142 valence electrons. The fourth-order valence-corrected chi connectivity index (χ4v) is 4.42. The molecule has 0 unspecified atom stereocenters. The molecule has 0 radical (unpaired) electrons. The average Bonchev–Trinajstić information content (AvgIpc) is 2.93. The third-order valence-electron chi connectivity index (χ3n) is 6.07. The highest BCUT2D eigenvalue weighted by Crippen LogP contribution is 2.34. The molecule has 2 N–H and O–H groups in total. The predicted octanol–water partition coefficient (Wildman–Crippen LogP) is 4.48. The first-order valence-electron chi connectivity index (χ1n) is 10.1. The minimum Gasteiger partial charge on any atom is -0.508 e. The molecule has 0 aromatic heterocycles. The first-order chi connectivity index (χ1) is 12.5. The van der Waals surface area contributed by atoms with Gasteiger partial charge in [-0.05, 0) is 61.8 Å². The number of rotatable bonds is 4. The molecular formula is C22H30O4. The zero-order valence-corrected chi connectivity index (χ0v) is 15.5. The Labute approximate surface area is 155 Å². The third-order valence-corrected chi connectivity index (χ3v) is 6.07. The van der Waals surface area contributed by atoms with Gasteiger partial charge in [0.1, 0.15) is 23.1 Å². The number of Topliss-reactive ketones (excluding diaryl/α,β-unsaturated/α-hetero) is 2. The molecule has 3 rings (SSSR count). The summed E-state index contributed by atoms with van der Waals surface area (Å²) in [4.78, 5) is 24.5. The molecule has 2 saturated carbocycles. The molecule has 1 aromatic rings. The Hall–Kier alpha value is -1.84. The summed E-state index contributed by atoms with van der Waals surface area (Å²) in [6.07, 6.45) is 10.1. The standard InChI is InChI=1S/C22H30O4/c23-19-9-5-1-3-7-15(19)11-17-13-22(26)18(14-21(17)25)12-16-8-4-2-6-10-20(16)24/h13-16,25-26H,1-12H2/t15-,16-/m1/s1. The van der Waals surface area contributed by atoms with Gasteiger partial charge in [-0.2, -0.15) is 0 Å². The van der Waals surface area contributed by atoms with Crippen molar-refractivity contribution in [1.29, 1.82) is 0 Å². The Morgan fingerprint density at radius 1 is 0.692 bits per heavy atom. The van der Waals surface area contributed by atoms with Crippen LogP contribution >= 0.6 is 0 Å². The second-order valence-electron chi connectivity index (χ2n) is 8.04. The molecule has 2 fully saturated rings. The van der Waals surface area contributed by atoms with E-state index >= 15 is 0 Å². The van der Waals surface area contributed by atoms with Crippen molar-refractivity contribution < 1.29 is 19.8 Å². The van der Waals surface area contributed by atoms with Crippen molar-refractivity contribution in [2.45, 2.75) is 77.0 Å². The van der Waals surface area contributed by atoms with Crippen LogP contribution in [-0.2, 0) is 22.4 Å². The van der Waals surface area contributed by atoms with E-state index in [0.29, 0.717) is 36.8 Å². The van der Waals surface area contributed by atoms with Crippen LogP contribution in [0.1, 0.15) is 75.3 Å². The van der Waals surface area contributed by atoms with Gasteiger partial charge >= 0.3 is 0 Å². The Kier molecular flexibility index (Phi) is 6.33. The third kappa shape index (κ3) is 4.66. The molecule has 0 saturated heterocycles. The van der Waals surface area contributed by atoms with Gasteiger partial charge in [-0.1, -0.05) is 25.7 Å². The van der Waals surface area contributed by atoms with Crippen molar-refractivity contribution in [3.05, 3.63) is 23.3 Å². The summed E-state index contributed by atoms with van der Waals surface area (Å²) in [5.74, 6) is 0.699. The highest BCUT2D eigenvalue weighted by Gasteiger charge is 2.25. The van der Waals surface area contributed by atoms with E-state index in [0.717, 1.165) is 51.4 Å². The molecule has 0 bridgehead atoms. The van der Waals surface area contributed by atoms with E-state index in [4.69, 9.17) is 0 Å². The molecule has 0 spiro atoms. The molecule has 0 aliphatic heterocycles. The maximum Gasteiger partial charge on any atom is 0.136 e. The van der Waals surface area contributed by atoms with E-state index in [-0.39, 0.29) is 34.9 Å². The Morgan fingerprint density at radius 2 is 1.12 bits per heavy atom. The lowest BCUT2D eigenvalue weighted by Crippen LogP contribution is -2.16. The van der Waals surface area contributed by atoms with Crippen LogP contribution in [-0.4, -0.2) is 21.8 Å². The van der Waals surface area contributed by atoms with Gasteiger partial charge in [0.05, 0.1) is 0 Å². The van der Waals surface area contributed by atoms with E-state index in [9.17, 15) is 19.8 Å². The van der Waals surface area contributed by atoms with E-state index < -0.39 is 0 Å². The van der Waals surface area contributed by atoms with Crippen LogP contribution in [0, 0.1) is 11.8 Å². The first kappa shape index (κ1) is 18.9. The summed E-state index contributed by atoms with van der Waals surface area (Å²) in [6.45, 7) is 0. The first-order valence-corrected chi connectivity index (χ1v) is 10.1. The lowest BCUT2D eigenvalue weighted by Gasteiger charge is -2.17. The summed E-state index contributed by atoms with van der Waals surface area (Å²) in [7, 11) is 0. The smallest absolute Gasteiger partial charge is 0.136 e. The second kappa shape index (κ2) is 8.70. The topological polar surface area (TPSA) is 74.6 Å². The molecule has 26 heavy (non-hydrogen) atoms. The number of carbonyl (C=O) groups excluding carboxylic acids is 2. The Morgan fingerprint density at radius 3 is 1.54 bits per heavy atom. The zero-order valence-electron chi connectivity index (χ0n) is 15.5. The quantitative estimate of drug-likeness (QED) is 0.615. The van der Waals surface area contributed by atoms with Crippen molar-refractivity contribution in [2.24, 2.45) is 11.8 Å². The summed E-state index contributed by atoms with van der Waals surface area (Å²) < 4.78 is 0. The highest BCUT2D eigenvalue weighted by molar-refractivity contribution is 5.82. The fraction of sp³-hybridized carbons (Fsp3) is 0.636. The predicted molar refractivity (Wildman–Crippen MR) is 100 cm³/mol. The van der Waals surface area contributed by atoms with E-state index in [1.54, 1.807) is 12.1 Å². The van der Waals surface area contributed by atoms with Crippen molar-refractivity contribution in [1.82, 2.24) is 0 Å². The lowest BCUT2D eigenvalue weighted by molar-refractivity contribution is -0.123. The van der Waals surface area contributed by atoms with Gasteiger partial charge in [0.25, 0.3) is 0 Å². The van der Waals surface area contributed by atoms with Crippen LogP contribution in [0.25, 0.3) is 0 Å². The Balaban J connectivity index is 1.73. The van der Waals surface area contributed by atoms with E-state index in [2.05, 4.69) is 0 Å². The van der Waals surface area contributed by atoms with E-state index in [1.807, 2.05) is 0 Å². The van der Waals surface area contributed by atoms with Crippen molar-refractivity contribution in [2.75, 3.05) is 0 Å². The molecular weight excluding hydrogens is 328 g/mol. The number of benzene rings is 1. The number of carbonyl (C=O) groups is 2. The molecule has 4 heteroatoms. The summed E-state index contributed by atoms with van der Waals surface area (Å²) in [5, 5.41) is 20.9. The van der Waals surface area contributed by atoms with Gasteiger partial charge in [-0.15, -0.1) is 0 Å². The average molecular weight is 358 g/mol. The molecule has 4 nitrogen and oxygen atoms in total. The largest absolute Gasteiger partial charge is 0.508 e. The van der Waals surface area contributed by atoms with Crippen LogP contribution in [0.5, 0.6) is 11.5 Å². The van der Waals surface area contributed by atoms with Gasteiger partial charge in [0.15, 0.2) is 0 Å². The minimum absolute atomic E-state index is 0.0583. The summed E-state index contributed by atoms with van der Waals surface area (Å²) in [5.41, 5.74) is 1.28. The number of phenols is 2. The molecule has 0 heterocycles. The van der Waals surface area contributed by atoms with Gasteiger partial charge in [0, 0.05) is 24.7 Å². The number of ketones is 2. The van der Waals surface area contributed by atoms with Crippen LogP contribution in [0.3, 0.4) is 0 Å². The van der Waals surface area contributed by atoms with Gasteiger partial charge in [-0.25, -0.2) is 0 Å². The van der Waals surface area contributed by atoms with Crippen LogP contribution < -0.4 is 0 Å². The molecule has 2 aliphatic rings.